The van der Waals surface area contributed by atoms with Gasteiger partial charge in [-0.2, -0.15) is 0 Å². The topological polar surface area (TPSA) is 44.5 Å². The molecule has 3 heteroatoms. The fourth-order valence-corrected chi connectivity index (χ4v) is 1.75. The van der Waals surface area contributed by atoms with Crippen molar-refractivity contribution in [2.45, 2.75) is 33.2 Å². The summed E-state index contributed by atoms with van der Waals surface area (Å²) in [5.41, 5.74) is 7.31. The predicted molar refractivity (Wildman–Crippen MR) is 70.5 cm³/mol. The molecule has 0 saturated carbocycles. The number of methoxy groups -OCH3 is 1. The van der Waals surface area contributed by atoms with Crippen LogP contribution in [0.3, 0.4) is 0 Å². The Bertz CT molecular complexity index is 352. The first-order valence-electron chi connectivity index (χ1n) is 6.20. The minimum absolute atomic E-state index is 0.0464. The third-order valence-electron chi connectivity index (χ3n) is 3.13. The highest BCUT2D eigenvalue weighted by Crippen LogP contribution is 2.32. The summed E-state index contributed by atoms with van der Waals surface area (Å²) in [5.74, 6) is 1.98. The van der Waals surface area contributed by atoms with Gasteiger partial charge in [0.1, 0.15) is 0 Å². The molecule has 17 heavy (non-hydrogen) atoms. The largest absolute Gasteiger partial charge is 0.493 e. The highest BCUT2D eigenvalue weighted by atomic mass is 16.5. The molecule has 0 fully saturated rings. The van der Waals surface area contributed by atoms with Crippen molar-refractivity contribution in [3.8, 4) is 11.5 Å². The summed E-state index contributed by atoms with van der Waals surface area (Å²) in [5, 5.41) is 0. The van der Waals surface area contributed by atoms with Gasteiger partial charge in [0.2, 0.25) is 0 Å². The van der Waals surface area contributed by atoms with Crippen molar-refractivity contribution in [2.24, 2.45) is 11.7 Å². The average molecular weight is 237 g/mol. The maximum Gasteiger partial charge on any atom is 0.161 e. The van der Waals surface area contributed by atoms with Crippen LogP contribution in [0.15, 0.2) is 18.2 Å². The quantitative estimate of drug-likeness (QED) is 0.826. The van der Waals surface area contributed by atoms with E-state index in [0.29, 0.717) is 12.5 Å². The van der Waals surface area contributed by atoms with Crippen LogP contribution in [-0.4, -0.2) is 13.7 Å². The molecule has 1 aromatic rings. The van der Waals surface area contributed by atoms with Crippen molar-refractivity contribution in [2.75, 3.05) is 13.7 Å². The van der Waals surface area contributed by atoms with Crippen LogP contribution in [0.4, 0.5) is 0 Å². The normalized spacial score (nSPS) is 14.2. The van der Waals surface area contributed by atoms with E-state index in [0.717, 1.165) is 23.5 Å². The molecule has 0 aromatic heterocycles. The van der Waals surface area contributed by atoms with Gasteiger partial charge in [0.15, 0.2) is 11.5 Å². The lowest BCUT2D eigenvalue weighted by atomic mass is 9.93. The van der Waals surface area contributed by atoms with Crippen molar-refractivity contribution < 1.29 is 9.47 Å². The van der Waals surface area contributed by atoms with E-state index in [1.54, 1.807) is 7.11 Å². The second-order valence-electron chi connectivity index (χ2n) is 4.25. The standard InChI is InChI=1S/C14H23NO2/c1-5-10(3)14(15)11-7-8-12(16-4)13(9-11)17-6-2/h7-10,14H,5-6,15H2,1-4H3/t10?,14-/m0/s1. The maximum atomic E-state index is 6.21. The predicted octanol–water partition coefficient (Wildman–Crippen LogP) is 3.14. The smallest absolute Gasteiger partial charge is 0.161 e. The summed E-state index contributed by atoms with van der Waals surface area (Å²) in [6.07, 6.45) is 1.07. The maximum absolute atomic E-state index is 6.21. The van der Waals surface area contributed by atoms with Crippen LogP contribution in [0.1, 0.15) is 38.8 Å². The summed E-state index contributed by atoms with van der Waals surface area (Å²) in [4.78, 5) is 0. The van der Waals surface area contributed by atoms with Gasteiger partial charge in [0.05, 0.1) is 13.7 Å². The van der Waals surface area contributed by atoms with Gasteiger partial charge >= 0.3 is 0 Å². The van der Waals surface area contributed by atoms with Crippen molar-refractivity contribution in [1.29, 1.82) is 0 Å². The zero-order chi connectivity index (χ0) is 12.8. The van der Waals surface area contributed by atoms with E-state index < -0.39 is 0 Å². The molecule has 0 aliphatic heterocycles. The van der Waals surface area contributed by atoms with Gasteiger partial charge in [0, 0.05) is 6.04 Å². The lowest BCUT2D eigenvalue weighted by Crippen LogP contribution is -2.18. The van der Waals surface area contributed by atoms with Gasteiger partial charge < -0.3 is 15.2 Å². The van der Waals surface area contributed by atoms with Gasteiger partial charge in [-0.05, 0) is 30.5 Å². The van der Waals surface area contributed by atoms with Gasteiger partial charge in [-0.15, -0.1) is 0 Å². The Morgan fingerprint density at radius 3 is 2.47 bits per heavy atom. The molecule has 2 N–H and O–H groups in total. The Morgan fingerprint density at radius 1 is 1.24 bits per heavy atom. The molecule has 96 valence electrons. The third kappa shape index (κ3) is 3.37. The minimum Gasteiger partial charge on any atom is -0.493 e. The van der Waals surface area contributed by atoms with E-state index in [2.05, 4.69) is 13.8 Å². The number of hydrogen-bond acceptors (Lipinski definition) is 3. The summed E-state index contributed by atoms with van der Waals surface area (Å²) in [7, 11) is 1.64. The number of ether oxygens (including phenoxy) is 2. The molecule has 0 amide bonds. The fraction of sp³-hybridized carbons (Fsp3) is 0.571. The summed E-state index contributed by atoms with van der Waals surface area (Å²) < 4.78 is 10.8. The van der Waals surface area contributed by atoms with E-state index >= 15 is 0 Å². The number of hydrogen-bond donors (Lipinski definition) is 1. The van der Waals surface area contributed by atoms with E-state index in [4.69, 9.17) is 15.2 Å². The van der Waals surface area contributed by atoms with Crippen LogP contribution in [0.5, 0.6) is 11.5 Å². The molecular formula is C14H23NO2. The molecule has 1 aromatic carbocycles. The first kappa shape index (κ1) is 13.8. The molecule has 0 heterocycles. The Balaban J connectivity index is 2.98. The zero-order valence-electron chi connectivity index (χ0n) is 11.2. The average Bonchev–Trinajstić information content (AvgIpc) is 2.37. The molecule has 0 bridgehead atoms. The molecule has 3 nitrogen and oxygen atoms in total. The van der Waals surface area contributed by atoms with Gasteiger partial charge in [-0.1, -0.05) is 26.3 Å². The second kappa shape index (κ2) is 6.50. The van der Waals surface area contributed by atoms with E-state index in [9.17, 15) is 0 Å². The van der Waals surface area contributed by atoms with Crippen LogP contribution in [0, 0.1) is 5.92 Å². The molecule has 1 rings (SSSR count). The third-order valence-corrected chi connectivity index (χ3v) is 3.13. The number of rotatable bonds is 6. The minimum atomic E-state index is 0.0464. The van der Waals surface area contributed by atoms with Gasteiger partial charge in [-0.25, -0.2) is 0 Å². The van der Waals surface area contributed by atoms with Crippen molar-refractivity contribution in [3.05, 3.63) is 23.8 Å². The molecule has 2 atom stereocenters. The second-order valence-corrected chi connectivity index (χ2v) is 4.25. The first-order valence-corrected chi connectivity index (χ1v) is 6.20. The Kier molecular flexibility index (Phi) is 5.29. The van der Waals surface area contributed by atoms with E-state index in [-0.39, 0.29) is 6.04 Å². The summed E-state index contributed by atoms with van der Waals surface area (Å²) in [6.45, 7) is 6.89. The lowest BCUT2D eigenvalue weighted by molar-refractivity contribution is 0.309. The molecule has 1 unspecified atom stereocenters. The van der Waals surface area contributed by atoms with Gasteiger partial charge in [0.25, 0.3) is 0 Å². The van der Waals surface area contributed by atoms with Crippen LogP contribution >= 0.6 is 0 Å². The van der Waals surface area contributed by atoms with Crippen molar-refractivity contribution in [1.82, 2.24) is 0 Å². The molecule has 0 spiro atoms. The Hall–Kier alpha value is -1.22. The summed E-state index contributed by atoms with van der Waals surface area (Å²) >= 11 is 0. The Morgan fingerprint density at radius 2 is 1.94 bits per heavy atom. The zero-order valence-corrected chi connectivity index (χ0v) is 11.2. The SMILES string of the molecule is CCOc1cc([C@@H](N)C(C)CC)ccc1OC. The van der Waals surface area contributed by atoms with Crippen molar-refractivity contribution in [3.63, 3.8) is 0 Å². The lowest BCUT2D eigenvalue weighted by Gasteiger charge is -2.20. The number of benzene rings is 1. The molecular weight excluding hydrogens is 214 g/mol. The first-order chi connectivity index (χ1) is 8.13. The highest BCUT2D eigenvalue weighted by Gasteiger charge is 2.15. The van der Waals surface area contributed by atoms with Crippen LogP contribution < -0.4 is 15.2 Å². The molecule has 0 saturated heterocycles. The number of nitrogens with two attached hydrogens (primary N) is 1. The molecule has 0 radical (unpaired) electrons. The van der Waals surface area contributed by atoms with Gasteiger partial charge in [-0.3, -0.25) is 0 Å². The highest BCUT2D eigenvalue weighted by molar-refractivity contribution is 5.43. The van der Waals surface area contributed by atoms with E-state index in [1.165, 1.54) is 0 Å². The monoisotopic (exact) mass is 237 g/mol. The van der Waals surface area contributed by atoms with Crippen LogP contribution in [-0.2, 0) is 0 Å². The van der Waals surface area contributed by atoms with Crippen LogP contribution in [0.25, 0.3) is 0 Å². The van der Waals surface area contributed by atoms with Crippen LogP contribution in [0.2, 0.25) is 0 Å². The fourth-order valence-electron chi connectivity index (χ4n) is 1.75. The molecule has 0 aliphatic rings. The van der Waals surface area contributed by atoms with E-state index in [1.807, 2.05) is 25.1 Å². The Labute approximate surface area is 104 Å². The van der Waals surface area contributed by atoms with Crippen molar-refractivity contribution >= 4 is 0 Å². The molecule has 0 aliphatic carbocycles. The summed E-state index contributed by atoms with van der Waals surface area (Å²) in [6, 6.07) is 5.96.